The van der Waals surface area contributed by atoms with E-state index in [1.165, 1.54) is 35.5 Å². The number of benzene rings is 1. The maximum atomic E-state index is 13.2. The van der Waals surface area contributed by atoms with Crippen LogP contribution in [0.25, 0.3) is 0 Å². The summed E-state index contributed by atoms with van der Waals surface area (Å²) in [6.07, 6.45) is 2.83. The molecule has 1 fully saturated rings. The summed E-state index contributed by atoms with van der Waals surface area (Å²) in [5, 5.41) is 3.98. The third-order valence-electron chi connectivity index (χ3n) is 5.80. The van der Waals surface area contributed by atoms with Crippen LogP contribution in [0.3, 0.4) is 0 Å². The predicted molar refractivity (Wildman–Crippen MR) is 119 cm³/mol. The Morgan fingerprint density at radius 3 is 2.65 bits per heavy atom. The van der Waals surface area contributed by atoms with Crippen molar-refractivity contribution < 1.29 is 18.7 Å². The van der Waals surface area contributed by atoms with Gasteiger partial charge >= 0.3 is 5.97 Å². The molecule has 0 saturated carbocycles. The molecule has 2 aromatic rings. The van der Waals surface area contributed by atoms with Gasteiger partial charge in [0.1, 0.15) is 10.8 Å². The molecule has 1 N–H and O–H groups in total. The van der Waals surface area contributed by atoms with Gasteiger partial charge in [0.05, 0.1) is 19.2 Å². The molecule has 1 amide bonds. The number of carbonyl (C=O) groups is 2. The number of thiophene rings is 1. The molecule has 0 unspecified atom stereocenters. The zero-order chi connectivity index (χ0) is 22.0. The molecule has 166 valence electrons. The smallest absolute Gasteiger partial charge is 0.341 e. The Morgan fingerprint density at radius 1 is 1.19 bits per heavy atom. The number of nitrogens with one attached hydrogen (secondary N) is 1. The second-order valence-electron chi connectivity index (χ2n) is 7.89. The highest BCUT2D eigenvalue weighted by atomic mass is 35.5. The molecular formula is C22H25ClFN3O3S. The van der Waals surface area contributed by atoms with E-state index in [0.29, 0.717) is 22.1 Å². The van der Waals surface area contributed by atoms with Crippen molar-refractivity contribution in [3.8, 4) is 0 Å². The van der Waals surface area contributed by atoms with Gasteiger partial charge in [-0.3, -0.25) is 14.6 Å². The number of rotatable bonds is 6. The van der Waals surface area contributed by atoms with Gasteiger partial charge in [-0.05, 0) is 42.5 Å². The van der Waals surface area contributed by atoms with Crippen LogP contribution < -0.4 is 5.32 Å². The second-order valence-corrected chi connectivity index (χ2v) is 9.40. The molecular weight excluding hydrogens is 441 g/mol. The average molecular weight is 466 g/mol. The summed E-state index contributed by atoms with van der Waals surface area (Å²) >= 11 is 7.62. The molecule has 1 aromatic carbocycles. The fourth-order valence-corrected chi connectivity index (χ4v) is 5.70. The number of piperazine rings is 1. The SMILES string of the molecule is COC(=O)c1c(NC(=O)CN2CCN(Cc3ccc(F)cc3Cl)CC2)sc2c1CCC2. The first-order valence-electron chi connectivity index (χ1n) is 10.4. The van der Waals surface area contributed by atoms with Crippen LogP contribution in [0, 0.1) is 5.82 Å². The minimum absolute atomic E-state index is 0.125. The zero-order valence-corrected chi connectivity index (χ0v) is 19.0. The number of hydrogen-bond acceptors (Lipinski definition) is 6. The number of aryl methyl sites for hydroxylation is 1. The molecule has 0 spiro atoms. The number of ether oxygens (including phenoxy) is 1. The van der Waals surface area contributed by atoms with E-state index in [4.69, 9.17) is 16.3 Å². The third-order valence-corrected chi connectivity index (χ3v) is 7.36. The van der Waals surface area contributed by atoms with Gasteiger partial charge in [0.25, 0.3) is 0 Å². The van der Waals surface area contributed by atoms with E-state index in [1.807, 2.05) is 0 Å². The number of esters is 1. The standard InChI is InChI=1S/C22H25ClFN3O3S/c1-30-22(29)20-16-3-2-4-18(16)31-21(20)25-19(28)13-27-9-7-26(8-10-27)12-14-5-6-15(24)11-17(14)23/h5-6,11H,2-4,7-10,12-13H2,1H3,(H,25,28). The van der Waals surface area contributed by atoms with Crippen LogP contribution in [0.1, 0.15) is 32.8 Å². The molecule has 0 radical (unpaired) electrons. The number of amides is 1. The molecule has 1 saturated heterocycles. The van der Waals surface area contributed by atoms with Crippen molar-refractivity contribution in [1.82, 2.24) is 9.80 Å². The molecule has 1 aliphatic heterocycles. The predicted octanol–water partition coefficient (Wildman–Crippen LogP) is 3.57. The van der Waals surface area contributed by atoms with Crippen LogP contribution in [-0.4, -0.2) is 61.5 Å². The highest BCUT2D eigenvalue weighted by Crippen LogP contribution is 2.39. The van der Waals surface area contributed by atoms with Gasteiger partial charge in [0.2, 0.25) is 5.91 Å². The number of carbonyl (C=O) groups excluding carboxylic acids is 2. The van der Waals surface area contributed by atoms with Crippen LogP contribution in [0.15, 0.2) is 18.2 Å². The average Bonchev–Trinajstić information content (AvgIpc) is 3.31. The summed E-state index contributed by atoms with van der Waals surface area (Å²) in [6.45, 7) is 4.01. The van der Waals surface area contributed by atoms with E-state index in [-0.39, 0.29) is 24.2 Å². The Morgan fingerprint density at radius 2 is 1.94 bits per heavy atom. The first-order valence-corrected chi connectivity index (χ1v) is 11.6. The lowest BCUT2D eigenvalue weighted by molar-refractivity contribution is -0.117. The highest BCUT2D eigenvalue weighted by Gasteiger charge is 2.28. The van der Waals surface area contributed by atoms with Crippen LogP contribution in [0.5, 0.6) is 0 Å². The largest absolute Gasteiger partial charge is 0.465 e. The summed E-state index contributed by atoms with van der Waals surface area (Å²) in [6, 6.07) is 4.47. The molecule has 1 aliphatic carbocycles. The normalized spacial score (nSPS) is 16.9. The molecule has 2 aliphatic rings. The Balaban J connectivity index is 1.30. The summed E-state index contributed by atoms with van der Waals surface area (Å²) < 4.78 is 18.2. The van der Waals surface area contributed by atoms with Crippen molar-refractivity contribution in [2.75, 3.05) is 45.2 Å². The van der Waals surface area contributed by atoms with E-state index < -0.39 is 0 Å². The molecule has 1 aromatic heterocycles. The summed E-state index contributed by atoms with van der Waals surface area (Å²) in [7, 11) is 1.37. The van der Waals surface area contributed by atoms with Crippen molar-refractivity contribution >= 4 is 39.8 Å². The highest BCUT2D eigenvalue weighted by molar-refractivity contribution is 7.17. The molecule has 0 bridgehead atoms. The number of nitrogens with zero attached hydrogens (tertiary/aromatic N) is 2. The summed E-state index contributed by atoms with van der Waals surface area (Å²) in [5.74, 6) is -0.848. The molecule has 0 atom stereocenters. The summed E-state index contributed by atoms with van der Waals surface area (Å²) in [4.78, 5) is 30.4. The van der Waals surface area contributed by atoms with E-state index in [2.05, 4.69) is 15.1 Å². The topological polar surface area (TPSA) is 61.9 Å². The number of anilines is 1. The monoisotopic (exact) mass is 465 g/mol. The fraction of sp³-hybridized carbons (Fsp3) is 0.455. The maximum Gasteiger partial charge on any atom is 0.341 e. The lowest BCUT2D eigenvalue weighted by Crippen LogP contribution is -2.48. The van der Waals surface area contributed by atoms with Gasteiger partial charge < -0.3 is 10.1 Å². The van der Waals surface area contributed by atoms with Crippen LogP contribution >= 0.6 is 22.9 Å². The minimum atomic E-state index is -0.386. The first-order chi connectivity index (χ1) is 14.9. The van der Waals surface area contributed by atoms with Gasteiger partial charge in [-0.1, -0.05) is 17.7 Å². The van der Waals surface area contributed by atoms with Gasteiger partial charge in [-0.15, -0.1) is 11.3 Å². The molecule has 6 nitrogen and oxygen atoms in total. The fourth-order valence-electron chi connectivity index (χ4n) is 4.18. The molecule has 4 rings (SSSR count). The van der Waals surface area contributed by atoms with E-state index in [9.17, 15) is 14.0 Å². The quantitative estimate of drug-likeness (QED) is 0.661. The van der Waals surface area contributed by atoms with Gasteiger partial charge in [-0.2, -0.15) is 0 Å². The lowest BCUT2D eigenvalue weighted by atomic mass is 10.1. The Hall–Kier alpha value is -2.00. The van der Waals surface area contributed by atoms with Crippen molar-refractivity contribution in [3.05, 3.63) is 50.6 Å². The number of fused-ring (bicyclic) bond motifs is 1. The summed E-state index contributed by atoms with van der Waals surface area (Å²) in [5.41, 5.74) is 2.45. The zero-order valence-electron chi connectivity index (χ0n) is 17.4. The Labute approximate surface area is 189 Å². The number of hydrogen-bond donors (Lipinski definition) is 1. The molecule has 9 heteroatoms. The second kappa shape index (κ2) is 9.65. The minimum Gasteiger partial charge on any atom is -0.465 e. The number of halogens is 2. The molecule has 2 heterocycles. The van der Waals surface area contributed by atoms with Gasteiger partial charge in [-0.25, -0.2) is 9.18 Å². The van der Waals surface area contributed by atoms with Gasteiger partial charge in [0.15, 0.2) is 0 Å². The van der Waals surface area contributed by atoms with Gasteiger partial charge in [0, 0.05) is 42.6 Å². The van der Waals surface area contributed by atoms with Crippen molar-refractivity contribution in [1.29, 1.82) is 0 Å². The lowest BCUT2D eigenvalue weighted by Gasteiger charge is -2.34. The van der Waals surface area contributed by atoms with E-state index in [1.54, 1.807) is 6.07 Å². The van der Waals surface area contributed by atoms with Crippen molar-refractivity contribution in [2.45, 2.75) is 25.8 Å². The Kier molecular flexibility index (Phi) is 6.91. The number of methoxy groups -OCH3 is 1. The maximum absolute atomic E-state index is 13.2. The van der Waals surface area contributed by atoms with Crippen LogP contribution in [-0.2, 0) is 28.9 Å². The van der Waals surface area contributed by atoms with E-state index in [0.717, 1.165) is 56.6 Å². The first kappa shape index (κ1) is 22.2. The molecule has 31 heavy (non-hydrogen) atoms. The van der Waals surface area contributed by atoms with E-state index >= 15 is 0 Å². The Bertz CT molecular complexity index is 989. The van der Waals surface area contributed by atoms with Crippen LogP contribution in [0.2, 0.25) is 5.02 Å². The van der Waals surface area contributed by atoms with Crippen molar-refractivity contribution in [3.63, 3.8) is 0 Å². The van der Waals surface area contributed by atoms with Crippen molar-refractivity contribution in [2.24, 2.45) is 0 Å². The van der Waals surface area contributed by atoms with Crippen LogP contribution in [0.4, 0.5) is 9.39 Å². The third kappa shape index (κ3) is 5.09.